The zero-order valence-electron chi connectivity index (χ0n) is 10.4. The van der Waals surface area contributed by atoms with Crippen LogP contribution in [0.15, 0.2) is 53.0 Å². The summed E-state index contributed by atoms with van der Waals surface area (Å²) in [5, 5.41) is 10.0. The van der Waals surface area contributed by atoms with E-state index >= 15 is 0 Å². The van der Waals surface area contributed by atoms with Crippen LogP contribution in [0.4, 0.5) is 5.69 Å². The molecule has 3 N–H and O–H groups in total. The van der Waals surface area contributed by atoms with Gasteiger partial charge in [0.2, 0.25) is 0 Å². The van der Waals surface area contributed by atoms with E-state index in [1.54, 1.807) is 6.07 Å². The second-order valence-electron chi connectivity index (χ2n) is 4.29. The van der Waals surface area contributed by atoms with Crippen molar-refractivity contribution in [3.05, 3.63) is 64.1 Å². The molecule has 0 spiro atoms. The van der Waals surface area contributed by atoms with Crippen LogP contribution < -0.4 is 5.73 Å². The Labute approximate surface area is 121 Å². The van der Waals surface area contributed by atoms with Gasteiger partial charge < -0.3 is 15.6 Å². The Hall–Kier alpha value is -1.36. The van der Waals surface area contributed by atoms with Crippen molar-refractivity contribution < 1.29 is 9.84 Å². The van der Waals surface area contributed by atoms with Gasteiger partial charge in [-0.15, -0.1) is 0 Å². The number of aliphatic hydroxyl groups is 1. The summed E-state index contributed by atoms with van der Waals surface area (Å²) in [6.45, 7) is 0.696. The van der Waals surface area contributed by atoms with Crippen molar-refractivity contribution in [2.45, 2.75) is 12.7 Å². The molecule has 100 valence electrons. The summed E-state index contributed by atoms with van der Waals surface area (Å²) in [4.78, 5) is 0. The van der Waals surface area contributed by atoms with Gasteiger partial charge in [0.05, 0.1) is 13.2 Å². The molecule has 0 radical (unpaired) electrons. The largest absolute Gasteiger partial charge is 0.398 e. The molecule has 0 amide bonds. The molecule has 2 rings (SSSR count). The van der Waals surface area contributed by atoms with Gasteiger partial charge in [-0.25, -0.2) is 0 Å². The highest BCUT2D eigenvalue weighted by molar-refractivity contribution is 9.10. The molecule has 0 fully saturated rings. The second kappa shape index (κ2) is 6.70. The molecule has 0 saturated carbocycles. The topological polar surface area (TPSA) is 55.5 Å². The minimum Gasteiger partial charge on any atom is -0.398 e. The zero-order valence-corrected chi connectivity index (χ0v) is 12.0. The average Bonchev–Trinajstić information content (AvgIpc) is 2.41. The average molecular weight is 322 g/mol. The monoisotopic (exact) mass is 321 g/mol. The maximum absolute atomic E-state index is 10.0. The van der Waals surface area contributed by atoms with E-state index in [0.29, 0.717) is 17.9 Å². The number of rotatable bonds is 5. The summed E-state index contributed by atoms with van der Waals surface area (Å²) in [7, 11) is 0. The van der Waals surface area contributed by atoms with E-state index in [4.69, 9.17) is 10.5 Å². The van der Waals surface area contributed by atoms with Gasteiger partial charge in [0.15, 0.2) is 0 Å². The molecule has 4 heteroatoms. The van der Waals surface area contributed by atoms with Crippen LogP contribution in [0.25, 0.3) is 0 Å². The predicted octanol–water partition coefficient (Wildman–Crippen LogP) is 3.28. The molecule has 1 atom stereocenters. The lowest BCUT2D eigenvalue weighted by Crippen LogP contribution is -2.09. The van der Waals surface area contributed by atoms with Gasteiger partial charge in [-0.3, -0.25) is 0 Å². The molecule has 0 heterocycles. The minimum atomic E-state index is -0.698. The number of benzene rings is 2. The van der Waals surface area contributed by atoms with Gasteiger partial charge in [0.1, 0.15) is 6.10 Å². The van der Waals surface area contributed by atoms with E-state index in [2.05, 4.69) is 15.9 Å². The molecule has 0 aliphatic carbocycles. The number of hydrogen-bond acceptors (Lipinski definition) is 3. The fourth-order valence-corrected chi connectivity index (χ4v) is 2.04. The Morgan fingerprint density at radius 3 is 2.47 bits per heavy atom. The summed E-state index contributed by atoms with van der Waals surface area (Å²) in [6, 6.07) is 15.2. The molecule has 0 aromatic heterocycles. The Kier molecular flexibility index (Phi) is 4.96. The SMILES string of the molecule is Nc1ccccc1C(O)COCc1ccc(Br)cc1. The van der Waals surface area contributed by atoms with Crippen molar-refractivity contribution in [1.82, 2.24) is 0 Å². The lowest BCUT2D eigenvalue weighted by Gasteiger charge is -2.13. The second-order valence-corrected chi connectivity index (χ2v) is 5.20. The predicted molar refractivity (Wildman–Crippen MR) is 79.6 cm³/mol. The molecule has 19 heavy (non-hydrogen) atoms. The van der Waals surface area contributed by atoms with Crippen LogP contribution in [0.2, 0.25) is 0 Å². The molecule has 2 aromatic carbocycles. The molecule has 0 saturated heterocycles. The third kappa shape index (κ3) is 4.06. The third-order valence-corrected chi connectivity index (χ3v) is 3.34. The number of nitrogen functional groups attached to an aromatic ring is 1. The number of anilines is 1. The van der Waals surface area contributed by atoms with Crippen LogP contribution in [-0.4, -0.2) is 11.7 Å². The van der Waals surface area contributed by atoms with Crippen LogP contribution >= 0.6 is 15.9 Å². The fraction of sp³-hybridized carbons (Fsp3) is 0.200. The molecule has 0 aliphatic heterocycles. The Morgan fingerprint density at radius 1 is 1.11 bits per heavy atom. The number of ether oxygens (including phenoxy) is 1. The number of hydrogen-bond donors (Lipinski definition) is 2. The number of nitrogens with two attached hydrogens (primary N) is 1. The van der Waals surface area contributed by atoms with Crippen LogP contribution in [-0.2, 0) is 11.3 Å². The van der Waals surface area contributed by atoms with Crippen molar-refractivity contribution in [2.75, 3.05) is 12.3 Å². The Morgan fingerprint density at radius 2 is 1.79 bits per heavy atom. The number of halogens is 1. The van der Waals surface area contributed by atoms with Gasteiger partial charge >= 0.3 is 0 Å². The summed E-state index contributed by atoms with van der Waals surface area (Å²) in [6.07, 6.45) is -0.698. The van der Waals surface area contributed by atoms with Crippen molar-refractivity contribution >= 4 is 21.6 Å². The Balaban J connectivity index is 1.86. The van der Waals surface area contributed by atoms with Crippen LogP contribution in [0, 0.1) is 0 Å². The third-order valence-electron chi connectivity index (χ3n) is 2.81. The first-order chi connectivity index (χ1) is 9.16. The summed E-state index contributed by atoms with van der Waals surface area (Å²) in [5.74, 6) is 0. The van der Waals surface area contributed by atoms with Gasteiger partial charge in [-0.2, -0.15) is 0 Å². The molecular formula is C15H16BrNO2. The van der Waals surface area contributed by atoms with Gasteiger partial charge in [0.25, 0.3) is 0 Å². The molecule has 1 unspecified atom stereocenters. The van der Waals surface area contributed by atoms with Crippen LogP contribution in [0.1, 0.15) is 17.2 Å². The van der Waals surface area contributed by atoms with Gasteiger partial charge in [0, 0.05) is 15.7 Å². The molecular weight excluding hydrogens is 306 g/mol. The van der Waals surface area contributed by atoms with E-state index < -0.39 is 6.10 Å². The highest BCUT2D eigenvalue weighted by Crippen LogP contribution is 2.20. The smallest absolute Gasteiger partial charge is 0.104 e. The van der Waals surface area contributed by atoms with Crippen LogP contribution in [0.5, 0.6) is 0 Å². The van der Waals surface area contributed by atoms with E-state index in [0.717, 1.165) is 10.0 Å². The van der Waals surface area contributed by atoms with E-state index in [-0.39, 0.29) is 6.61 Å². The van der Waals surface area contributed by atoms with Crippen molar-refractivity contribution in [3.8, 4) is 0 Å². The molecule has 0 aliphatic rings. The van der Waals surface area contributed by atoms with E-state index in [9.17, 15) is 5.11 Å². The maximum Gasteiger partial charge on any atom is 0.104 e. The summed E-state index contributed by atoms with van der Waals surface area (Å²) >= 11 is 3.38. The van der Waals surface area contributed by atoms with Crippen LogP contribution in [0.3, 0.4) is 0 Å². The molecule has 3 nitrogen and oxygen atoms in total. The minimum absolute atomic E-state index is 0.226. The van der Waals surface area contributed by atoms with E-state index in [1.165, 1.54) is 0 Å². The lowest BCUT2D eigenvalue weighted by molar-refractivity contribution is 0.0280. The first kappa shape index (κ1) is 14.1. The Bertz CT molecular complexity index is 528. The van der Waals surface area contributed by atoms with Gasteiger partial charge in [-0.05, 0) is 23.8 Å². The van der Waals surface area contributed by atoms with Crippen molar-refractivity contribution in [1.29, 1.82) is 0 Å². The fourth-order valence-electron chi connectivity index (χ4n) is 1.77. The highest BCUT2D eigenvalue weighted by Gasteiger charge is 2.10. The number of aliphatic hydroxyl groups excluding tert-OH is 1. The first-order valence-electron chi connectivity index (χ1n) is 6.01. The first-order valence-corrected chi connectivity index (χ1v) is 6.81. The quantitative estimate of drug-likeness (QED) is 0.831. The van der Waals surface area contributed by atoms with E-state index in [1.807, 2.05) is 42.5 Å². The highest BCUT2D eigenvalue weighted by atomic mass is 79.9. The van der Waals surface area contributed by atoms with Gasteiger partial charge in [-0.1, -0.05) is 46.3 Å². The standard InChI is InChI=1S/C15H16BrNO2/c16-12-7-5-11(6-8-12)9-19-10-15(18)13-3-1-2-4-14(13)17/h1-8,15,18H,9-10,17H2. The molecule has 0 bridgehead atoms. The summed E-state index contributed by atoms with van der Waals surface area (Å²) in [5.41, 5.74) is 8.16. The zero-order chi connectivity index (χ0) is 13.7. The maximum atomic E-state index is 10.0. The number of para-hydroxylation sites is 1. The lowest BCUT2D eigenvalue weighted by atomic mass is 10.1. The van der Waals surface area contributed by atoms with Crippen molar-refractivity contribution in [3.63, 3.8) is 0 Å². The molecule has 2 aromatic rings. The normalized spacial score (nSPS) is 12.3. The summed E-state index contributed by atoms with van der Waals surface area (Å²) < 4.78 is 6.55. The van der Waals surface area contributed by atoms with Crippen molar-refractivity contribution in [2.24, 2.45) is 0 Å².